The van der Waals surface area contributed by atoms with E-state index in [-0.39, 0.29) is 5.28 Å². The van der Waals surface area contributed by atoms with Gasteiger partial charge in [-0.1, -0.05) is 43.7 Å². The van der Waals surface area contributed by atoms with Gasteiger partial charge in [-0.15, -0.1) is 34.0 Å². The van der Waals surface area contributed by atoms with Gasteiger partial charge in [0, 0.05) is 44.4 Å². The first-order valence-corrected chi connectivity index (χ1v) is 29.5. The number of hydrogen-bond donors (Lipinski definition) is 2. The summed E-state index contributed by atoms with van der Waals surface area (Å²) < 4.78 is 28.3. The van der Waals surface area contributed by atoms with E-state index in [1.165, 1.54) is 74.7 Å². The van der Waals surface area contributed by atoms with E-state index in [1.807, 2.05) is 57.9 Å². The first kappa shape index (κ1) is 57.0. The van der Waals surface area contributed by atoms with Gasteiger partial charge in [0.05, 0.1) is 82.9 Å². The second-order valence-corrected chi connectivity index (χ2v) is 22.3. The SMILES string of the molecule is C1CCCC1.COc1cc(-n2cnc(N)c2)cc(OC)c1OC.COc1cc(-n2cnc(Nc3nc(N4CCCC4)c4sccc4n3)c2)cc(C)c1C.Clc1nc(Cl)c2sccc2n1.Clc1nc(N2CCCC2)c2sccc2n1. The molecule has 10 aromatic rings. The molecule has 18 nitrogen and oxygen atoms in total. The third-order valence-corrected chi connectivity index (χ3v) is 16.8. The van der Waals surface area contributed by atoms with E-state index < -0.39 is 0 Å². The number of rotatable bonds is 10. The maximum absolute atomic E-state index is 5.91. The van der Waals surface area contributed by atoms with E-state index in [0.29, 0.717) is 45.3 Å². The van der Waals surface area contributed by atoms with E-state index >= 15 is 0 Å². The third-order valence-electron chi connectivity index (χ3n) is 13.3. The Balaban J connectivity index is 0.000000132. The lowest BCUT2D eigenvalue weighted by atomic mass is 10.1. The molecule has 0 amide bonds. The molecule has 1 saturated carbocycles. The van der Waals surface area contributed by atoms with Gasteiger partial charge in [0.25, 0.3) is 0 Å². The topological polar surface area (TPSA) is 194 Å². The average Bonchev–Trinajstić information content (AvgIpc) is 4.31. The molecule has 79 heavy (non-hydrogen) atoms. The zero-order valence-electron chi connectivity index (χ0n) is 44.7. The fraction of sp³-hybridized carbons (Fsp3) is 0.345. The Morgan fingerprint density at radius 3 is 1.56 bits per heavy atom. The Bertz CT molecular complexity index is 3590. The predicted molar refractivity (Wildman–Crippen MR) is 324 cm³/mol. The Labute approximate surface area is 485 Å². The van der Waals surface area contributed by atoms with E-state index in [9.17, 15) is 0 Å². The van der Waals surface area contributed by atoms with Gasteiger partial charge in [-0.25, -0.2) is 29.9 Å². The number of aromatic nitrogens is 10. The molecule has 0 radical (unpaired) electrons. The number of nitrogens with zero attached hydrogens (tertiary/aromatic N) is 12. The fourth-order valence-corrected chi connectivity index (χ4v) is 12.3. The molecule has 1 aliphatic carbocycles. The summed E-state index contributed by atoms with van der Waals surface area (Å²) in [6, 6.07) is 13.7. The number of halogens is 3. The molecule has 3 fully saturated rings. The summed E-state index contributed by atoms with van der Waals surface area (Å²) >= 11 is 22.2. The van der Waals surface area contributed by atoms with Gasteiger partial charge < -0.3 is 48.9 Å². The Hall–Kier alpha value is -6.75. The molecule has 10 heterocycles. The summed E-state index contributed by atoms with van der Waals surface area (Å²) in [5, 5.41) is 10.3. The molecule has 13 rings (SSSR count). The maximum atomic E-state index is 5.91. The molecular weight excluding hydrogens is 1120 g/mol. The van der Waals surface area contributed by atoms with Crippen LogP contribution in [-0.2, 0) is 0 Å². The van der Waals surface area contributed by atoms with Crippen LogP contribution < -0.4 is 39.8 Å². The number of nitrogen functional groups attached to an aromatic ring is 1. The van der Waals surface area contributed by atoms with Crippen LogP contribution in [0.5, 0.6) is 23.0 Å². The molecular formula is C55H61Cl3N14O4S3. The van der Waals surface area contributed by atoms with Gasteiger partial charge in [-0.05, 0) is 114 Å². The summed E-state index contributed by atoms with van der Waals surface area (Å²) in [7, 11) is 6.41. The van der Waals surface area contributed by atoms with Crippen molar-refractivity contribution in [3.05, 3.63) is 111 Å². The van der Waals surface area contributed by atoms with Gasteiger partial charge in [-0.3, -0.25) is 0 Å². The molecule has 2 saturated heterocycles. The van der Waals surface area contributed by atoms with Gasteiger partial charge >= 0.3 is 0 Å². The highest BCUT2D eigenvalue weighted by Gasteiger charge is 2.21. The van der Waals surface area contributed by atoms with Gasteiger partial charge in [-0.2, -0.15) is 9.97 Å². The molecule has 3 aliphatic rings. The van der Waals surface area contributed by atoms with E-state index in [0.717, 1.165) is 91.2 Å². The van der Waals surface area contributed by atoms with Crippen LogP contribution in [0.1, 0.15) is 68.9 Å². The maximum Gasteiger partial charge on any atom is 0.231 e. The average molecular weight is 1180 g/mol. The van der Waals surface area contributed by atoms with Crippen LogP contribution in [0.3, 0.4) is 0 Å². The second kappa shape index (κ2) is 26.9. The molecule has 0 unspecified atom stereocenters. The van der Waals surface area contributed by atoms with Gasteiger partial charge in [0.2, 0.25) is 22.3 Å². The number of ether oxygens (including phenoxy) is 4. The number of nitrogens with two attached hydrogens (primary N) is 1. The third kappa shape index (κ3) is 14.0. The molecule has 0 bridgehead atoms. The van der Waals surface area contributed by atoms with Crippen LogP contribution in [0.25, 0.3) is 42.0 Å². The summed E-state index contributed by atoms with van der Waals surface area (Å²) in [4.78, 5) is 39.0. The lowest BCUT2D eigenvalue weighted by molar-refractivity contribution is 0.324. The first-order valence-electron chi connectivity index (χ1n) is 25.7. The smallest absolute Gasteiger partial charge is 0.231 e. The number of hydrogen-bond acceptors (Lipinski definition) is 19. The molecule has 414 valence electrons. The van der Waals surface area contributed by atoms with Crippen molar-refractivity contribution < 1.29 is 18.9 Å². The van der Waals surface area contributed by atoms with E-state index in [4.69, 9.17) is 64.5 Å². The summed E-state index contributed by atoms with van der Waals surface area (Å²) in [6.45, 7) is 8.41. The van der Waals surface area contributed by atoms with Crippen LogP contribution in [-0.4, -0.2) is 104 Å². The minimum Gasteiger partial charge on any atom is -0.496 e. The number of aryl methyl sites for hydroxylation is 1. The summed E-state index contributed by atoms with van der Waals surface area (Å²) in [5.74, 6) is 6.35. The number of methoxy groups -OCH3 is 4. The Morgan fingerprint density at radius 2 is 1.01 bits per heavy atom. The largest absolute Gasteiger partial charge is 0.496 e. The van der Waals surface area contributed by atoms with Gasteiger partial charge in [0.15, 0.2) is 34.1 Å². The van der Waals surface area contributed by atoms with Crippen LogP contribution in [0.4, 0.5) is 29.2 Å². The van der Waals surface area contributed by atoms with Crippen LogP contribution in [0.15, 0.2) is 83.7 Å². The van der Waals surface area contributed by atoms with Crippen molar-refractivity contribution in [3.8, 4) is 34.4 Å². The van der Waals surface area contributed by atoms with Crippen LogP contribution in [0.2, 0.25) is 15.7 Å². The number of imidazole rings is 2. The molecule has 8 aromatic heterocycles. The Kier molecular flexibility index (Phi) is 19.4. The van der Waals surface area contributed by atoms with Crippen molar-refractivity contribution in [2.75, 3.05) is 75.5 Å². The molecule has 0 atom stereocenters. The lowest BCUT2D eigenvalue weighted by Crippen LogP contribution is -2.19. The lowest BCUT2D eigenvalue weighted by Gasteiger charge is -2.17. The fourth-order valence-electron chi connectivity index (χ4n) is 9.20. The molecule has 2 aliphatic heterocycles. The molecule has 24 heteroatoms. The number of fused-ring (bicyclic) bond motifs is 3. The number of nitrogens with one attached hydrogen (secondary N) is 1. The van der Waals surface area contributed by atoms with E-state index in [1.54, 1.807) is 74.5 Å². The van der Waals surface area contributed by atoms with Crippen LogP contribution >= 0.6 is 68.8 Å². The minimum atomic E-state index is 0.195. The van der Waals surface area contributed by atoms with Crippen molar-refractivity contribution in [1.29, 1.82) is 0 Å². The Morgan fingerprint density at radius 1 is 0.532 bits per heavy atom. The van der Waals surface area contributed by atoms with Gasteiger partial charge in [0.1, 0.15) is 24.2 Å². The van der Waals surface area contributed by atoms with Crippen molar-refractivity contribution in [1.82, 2.24) is 49.0 Å². The zero-order chi connectivity index (χ0) is 55.4. The standard InChI is InChI=1S/C22H24N6OS.C12H15N3O3.C10H10ClN3S.C6H2Cl2N2S.C5H10/c1-14-10-16(11-18(29-3)15(14)2)28-12-19(23-13-28)25-22-24-17-6-9-30-20(17)21(26-22)27-7-4-5-8-27;1-16-9-4-8(15-6-11(13)14-7-15)5-10(17-2)12(9)18-3;11-10-12-7-3-6-15-8(7)9(13-10)14-4-1-2-5-14;7-5-4-3(1-2-11-4)9-6(8)10-5;1-2-4-5-3-1/h6,9-13H,4-5,7-8H2,1-3H3,(H,24,25,26);4-7H,13H2,1-3H3;3,6H,1-2,4-5H2;1-2H;1-5H2. The van der Waals surface area contributed by atoms with Crippen LogP contribution in [0, 0.1) is 13.8 Å². The quantitative estimate of drug-likeness (QED) is 0.0969. The highest BCUT2D eigenvalue weighted by molar-refractivity contribution is 7.18. The normalized spacial score (nSPS) is 13.7. The van der Waals surface area contributed by atoms with Crippen molar-refractivity contribution >= 4 is 129 Å². The summed E-state index contributed by atoms with van der Waals surface area (Å²) in [5.41, 5.74) is 12.5. The van der Waals surface area contributed by atoms with E-state index in [2.05, 4.69) is 75.3 Å². The first-order chi connectivity index (χ1) is 38.4. The van der Waals surface area contributed by atoms with Crippen molar-refractivity contribution in [2.24, 2.45) is 0 Å². The van der Waals surface area contributed by atoms with Crippen molar-refractivity contribution in [2.45, 2.75) is 71.6 Å². The highest BCUT2D eigenvalue weighted by Crippen LogP contribution is 2.40. The second-order valence-electron chi connectivity index (χ2n) is 18.5. The molecule has 2 aromatic carbocycles. The molecule has 0 spiro atoms. The number of anilines is 5. The predicted octanol–water partition coefficient (Wildman–Crippen LogP) is 14.2. The molecule has 3 N–H and O–H groups in total. The highest BCUT2D eigenvalue weighted by atomic mass is 35.5. The zero-order valence-corrected chi connectivity index (χ0v) is 49.4. The minimum absolute atomic E-state index is 0.195. The van der Waals surface area contributed by atoms with Crippen molar-refractivity contribution in [3.63, 3.8) is 0 Å². The number of thiophene rings is 3. The summed E-state index contributed by atoms with van der Waals surface area (Å²) in [6.07, 6.45) is 19.5. The number of benzene rings is 2. The monoisotopic (exact) mass is 1180 g/mol.